The van der Waals surface area contributed by atoms with E-state index in [9.17, 15) is 14.4 Å². The Bertz CT molecular complexity index is 911. The number of nitrogens with zero attached hydrogens (tertiary/aromatic N) is 1. The maximum atomic E-state index is 12.3. The summed E-state index contributed by atoms with van der Waals surface area (Å²) in [5.41, 5.74) is 3.61. The van der Waals surface area contributed by atoms with E-state index in [0.717, 1.165) is 21.3 Å². The first-order chi connectivity index (χ1) is 13.3. The molecule has 1 aliphatic heterocycles. The van der Waals surface area contributed by atoms with Crippen LogP contribution in [0.2, 0.25) is 0 Å². The highest BCUT2D eigenvalue weighted by Crippen LogP contribution is 2.27. The molecular formula is C21H21BrN2O4. The molecule has 1 atom stereocenters. The highest BCUT2D eigenvalue weighted by molar-refractivity contribution is 9.10. The Kier molecular flexibility index (Phi) is 6.14. The lowest BCUT2D eigenvalue weighted by Gasteiger charge is -2.17. The summed E-state index contributed by atoms with van der Waals surface area (Å²) in [6.45, 7) is 3.86. The number of halogens is 1. The van der Waals surface area contributed by atoms with Gasteiger partial charge >= 0.3 is 5.97 Å². The van der Waals surface area contributed by atoms with Crippen molar-refractivity contribution in [2.75, 3.05) is 23.4 Å². The number of aryl methyl sites for hydroxylation is 2. The van der Waals surface area contributed by atoms with Gasteiger partial charge in [0.1, 0.15) is 0 Å². The van der Waals surface area contributed by atoms with E-state index in [4.69, 9.17) is 4.74 Å². The number of hydrogen-bond donors (Lipinski definition) is 1. The van der Waals surface area contributed by atoms with Crippen LogP contribution in [0.3, 0.4) is 0 Å². The van der Waals surface area contributed by atoms with Crippen molar-refractivity contribution in [3.63, 3.8) is 0 Å². The number of carbonyl (C=O) groups excluding carboxylic acids is 3. The number of amides is 2. The predicted molar refractivity (Wildman–Crippen MR) is 110 cm³/mol. The lowest BCUT2D eigenvalue weighted by Crippen LogP contribution is -2.28. The first kappa shape index (κ1) is 20.1. The monoisotopic (exact) mass is 444 g/mol. The van der Waals surface area contributed by atoms with Crippen LogP contribution in [-0.4, -0.2) is 30.9 Å². The average molecular weight is 445 g/mol. The first-order valence-corrected chi connectivity index (χ1v) is 9.72. The summed E-state index contributed by atoms with van der Waals surface area (Å²) < 4.78 is 6.02. The molecule has 146 valence electrons. The number of benzene rings is 2. The minimum Gasteiger partial charge on any atom is -0.455 e. The number of esters is 1. The van der Waals surface area contributed by atoms with Gasteiger partial charge in [-0.1, -0.05) is 22.0 Å². The molecule has 0 spiro atoms. The van der Waals surface area contributed by atoms with Crippen molar-refractivity contribution in [2.24, 2.45) is 5.92 Å². The maximum Gasteiger partial charge on any atom is 0.311 e. The molecule has 28 heavy (non-hydrogen) atoms. The van der Waals surface area contributed by atoms with Crippen LogP contribution in [0.25, 0.3) is 0 Å². The van der Waals surface area contributed by atoms with E-state index in [1.165, 1.54) is 0 Å². The Balaban J connectivity index is 1.53. The average Bonchev–Trinajstić information content (AvgIpc) is 3.06. The molecule has 2 amide bonds. The number of ether oxygens (including phenoxy) is 1. The van der Waals surface area contributed by atoms with Crippen LogP contribution in [0.4, 0.5) is 11.4 Å². The van der Waals surface area contributed by atoms with E-state index >= 15 is 0 Å². The number of nitrogens with one attached hydrogen (secondary N) is 1. The Morgan fingerprint density at radius 2 is 1.86 bits per heavy atom. The molecule has 1 saturated heterocycles. The summed E-state index contributed by atoms with van der Waals surface area (Å²) in [4.78, 5) is 38.2. The SMILES string of the molecule is Cc1ccc(N2C[C@H](C(=O)OCC(=O)Nc3ccc(Br)cc3)CC2=O)cc1C. The van der Waals surface area contributed by atoms with Gasteiger partial charge < -0.3 is 15.0 Å². The fraction of sp³-hybridized carbons (Fsp3) is 0.286. The second-order valence-corrected chi connectivity index (χ2v) is 7.75. The quantitative estimate of drug-likeness (QED) is 0.714. The van der Waals surface area contributed by atoms with Crippen molar-refractivity contribution < 1.29 is 19.1 Å². The maximum absolute atomic E-state index is 12.3. The molecule has 0 bridgehead atoms. The van der Waals surface area contributed by atoms with Gasteiger partial charge in [0.05, 0.1) is 5.92 Å². The third-order valence-corrected chi connectivity index (χ3v) is 5.26. The van der Waals surface area contributed by atoms with E-state index in [2.05, 4.69) is 21.2 Å². The normalized spacial score (nSPS) is 16.2. The minimum atomic E-state index is -0.574. The molecule has 1 aliphatic rings. The molecule has 0 aromatic heterocycles. The lowest BCUT2D eigenvalue weighted by atomic mass is 10.1. The Hall–Kier alpha value is -2.67. The summed E-state index contributed by atoms with van der Waals surface area (Å²) in [5.74, 6) is -1.66. The summed E-state index contributed by atoms with van der Waals surface area (Å²) in [7, 11) is 0. The molecule has 0 saturated carbocycles. The Morgan fingerprint density at radius 3 is 2.54 bits per heavy atom. The number of hydrogen-bond acceptors (Lipinski definition) is 4. The van der Waals surface area contributed by atoms with Gasteiger partial charge in [0.2, 0.25) is 5.91 Å². The number of carbonyl (C=O) groups is 3. The molecule has 7 heteroatoms. The van der Waals surface area contributed by atoms with Gasteiger partial charge in [-0.3, -0.25) is 14.4 Å². The molecule has 3 rings (SSSR count). The molecule has 0 aliphatic carbocycles. The molecule has 1 fully saturated rings. The van der Waals surface area contributed by atoms with Crippen LogP contribution in [0.5, 0.6) is 0 Å². The van der Waals surface area contributed by atoms with E-state index < -0.39 is 17.8 Å². The Labute approximate surface area is 172 Å². The van der Waals surface area contributed by atoms with Crippen LogP contribution in [0, 0.1) is 19.8 Å². The molecule has 0 radical (unpaired) electrons. The van der Waals surface area contributed by atoms with Crippen molar-refractivity contribution in [1.82, 2.24) is 0 Å². The predicted octanol–water partition coefficient (Wildman–Crippen LogP) is 3.60. The molecule has 1 heterocycles. The smallest absolute Gasteiger partial charge is 0.311 e. The third kappa shape index (κ3) is 4.78. The fourth-order valence-corrected chi connectivity index (χ4v) is 3.26. The fourth-order valence-electron chi connectivity index (χ4n) is 2.99. The zero-order valence-corrected chi connectivity index (χ0v) is 17.3. The standard InChI is InChI=1S/C21H21BrN2O4/c1-13-3-8-18(9-14(13)2)24-11-15(10-20(24)26)21(27)28-12-19(25)23-17-6-4-16(22)5-7-17/h3-9,15H,10-12H2,1-2H3,(H,23,25)/t15-/m1/s1. The number of anilines is 2. The van der Waals surface area contributed by atoms with E-state index in [1.807, 2.05) is 32.0 Å². The van der Waals surface area contributed by atoms with Crippen LogP contribution in [0.15, 0.2) is 46.9 Å². The van der Waals surface area contributed by atoms with Crippen LogP contribution < -0.4 is 10.2 Å². The first-order valence-electron chi connectivity index (χ1n) is 8.93. The topological polar surface area (TPSA) is 75.7 Å². The van der Waals surface area contributed by atoms with Crippen molar-refractivity contribution >= 4 is 45.1 Å². The van der Waals surface area contributed by atoms with Gasteiger partial charge in [0.15, 0.2) is 6.61 Å². The second-order valence-electron chi connectivity index (χ2n) is 6.84. The largest absolute Gasteiger partial charge is 0.455 e. The van der Waals surface area contributed by atoms with Crippen molar-refractivity contribution in [3.8, 4) is 0 Å². The molecule has 0 unspecified atom stereocenters. The zero-order chi connectivity index (χ0) is 20.3. The molecule has 2 aromatic carbocycles. The molecular weight excluding hydrogens is 424 g/mol. The summed E-state index contributed by atoms with van der Waals surface area (Å²) in [6.07, 6.45) is 0.0834. The van der Waals surface area contributed by atoms with Crippen molar-refractivity contribution in [1.29, 1.82) is 0 Å². The van der Waals surface area contributed by atoms with E-state index in [-0.39, 0.29) is 25.5 Å². The summed E-state index contributed by atoms with van der Waals surface area (Å²) in [6, 6.07) is 12.8. The summed E-state index contributed by atoms with van der Waals surface area (Å²) >= 11 is 3.32. The van der Waals surface area contributed by atoms with E-state index in [0.29, 0.717) is 5.69 Å². The highest BCUT2D eigenvalue weighted by Gasteiger charge is 2.36. The minimum absolute atomic E-state index is 0.0834. The molecule has 1 N–H and O–H groups in total. The van der Waals surface area contributed by atoms with Gasteiger partial charge in [-0.2, -0.15) is 0 Å². The second kappa shape index (κ2) is 8.56. The number of rotatable bonds is 5. The van der Waals surface area contributed by atoms with Gasteiger partial charge in [-0.25, -0.2) is 0 Å². The summed E-state index contributed by atoms with van der Waals surface area (Å²) in [5, 5.41) is 2.66. The van der Waals surface area contributed by atoms with Crippen molar-refractivity contribution in [2.45, 2.75) is 20.3 Å². The third-order valence-electron chi connectivity index (χ3n) is 4.73. The van der Waals surface area contributed by atoms with Gasteiger partial charge in [-0.05, 0) is 61.4 Å². The van der Waals surface area contributed by atoms with E-state index in [1.54, 1.807) is 29.2 Å². The van der Waals surface area contributed by atoms with Crippen LogP contribution in [0.1, 0.15) is 17.5 Å². The molecule has 2 aromatic rings. The molecule has 6 nitrogen and oxygen atoms in total. The lowest BCUT2D eigenvalue weighted by molar-refractivity contribution is -0.151. The highest BCUT2D eigenvalue weighted by atomic mass is 79.9. The Morgan fingerprint density at radius 1 is 1.14 bits per heavy atom. The zero-order valence-electron chi connectivity index (χ0n) is 15.7. The van der Waals surface area contributed by atoms with Crippen LogP contribution in [-0.2, 0) is 19.1 Å². The van der Waals surface area contributed by atoms with Crippen molar-refractivity contribution in [3.05, 3.63) is 58.1 Å². The van der Waals surface area contributed by atoms with Gasteiger partial charge in [0.25, 0.3) is 5.91 Å². The van der Waals surface area contributed by atoms with Gasteiger partial charge in [-0.15, -0.1) is 0 Å². The van der Waals surface area contributed by atoms with Crippen LogP contribution >= 0.6 is 15.9 Å². The van der Waals surface area contributed by atoms with Gasteiger partial charge in [0, 0.05) is 28.8 Å².